The van der Waals surface area contributed by atoms with E-state index in [1.54, 1.807) is 0 Å². The van der Waals surface area contributed by atoms with Crippen LogP contribution < -0.4 is 4.74 Å². The lowest BCUT2D eigenvalue weighted by molar-refractivity contribution is 0.282. The third-order valence-electron chi connectivity index (χ3n) is 2.78. The van der Waals surface area contributed by atoms with Gasteiger partial charge in [-0.25, -0.2) is 4.98 Å². The summed E-state index contributed by atoms with van der Waals surface area (Å²) in [6.45, 7) is 4.35. The molecule has 1 aliphatic rings. The minimum absolute atomic E-state index is 0.584. The molecule has 1 aliphatic heterocycles. The van der Waals surface area contributed by atoms with Crippen molar-refractivity contribution in [3.8, 4) is 11.4 Å². The van der Waals surface area contributed by atoms with E-state index >= 15 is 0 Å². The molecule has 0 atom stereocenters. The average Bonchev–Trinajstić information content (AvgIpc) is 2.78. The van der Waals surface area contributed by atoms with Crippen molar-refractivity contribution < 1.29 is 4.74 Å². The monoisotopic (exact) mass is 212 g/mol. The molecule has 0 amide bonds. The van der Waals surface area contributed by atoms with E-state index < -0.39 is 0 Å². The number of allylic oxidation sites excluding steroid dienone is 1. The van der Waals surface area contributed by atoms with Gasteiger partial charge in [-0.1, -0.05) is 18.2 Å². The Bertz CT molecular complexity index is 543. The zero-order valence-electron chi connectivity index (χ0n) is 8.89. The molecule has 0 bridgehead atoms. The molecule has 2 aromatic rings. The Morgan fingerprint density at radius 1 is 1.50 bits per heavy atom. The molecular formula is C13H12N2O. The quantitative estimate of drug-likeness (QED) is 0.715. The van der Waals surface area contributed by atoms with E-state index in [1.165, 1.54) is 5.56 Å². The second-order valence-corrected chi connectivity index (χ2v) is 3.80. The van der Waals surface area contributed by atoms with Crippen LogP contribution in [-0.4, -0.2) is 9.55 Å². The lowest BCUT2D eigenvalue weighted by Gasteiger charge is -2.21. The molecule has 1 aromatic heterocycles. The molecule has 0 saturated carbocycles. The van der Waals surface area contributed by atoms with Crippen LogP contribution in [0.2, 0.25) is 0 Å². The third-order valence-corrected chi connectivity index (χ3v) is 2.78. The van der Waals surface area contributed by atoms with E-state index in [9.17, 15) is 0 Å². The van der Waals surface area contributed by atoms with E-state index in [-0.39, 0.29) is 0 Å². The molecule has 0 unspecified atom stereocenters. The van der Waals surface area contributed by atoms with Crippen LogP contribution >= 0.6 is 0 Å². The van der Waals surface area contributed by atoms with Crippen molar-refractivity contribution in [1.29, 1.82) is 0 Å². The molecule has 0 saturated heterocycles. The Hall–Kier alpha value is -2.03. The topological polar surface area (TPSA) is 27.1 Å². The Morgan fingerprint density at radius 2 is 2.44 bits per heavy atom. The maximum absolute atomic E-state index is 5.78. The van der Waals surface area contributed by atoms with E-state index in [0.29, 0.717) is 6.61 Å². The second kappa shape index (κ2) is 3.52. The zero-order chi connectivity index (χ0) is 11.0. The van der Waals surface area contributed by atoms with Gasteiger partial charge in [-0.2, -0.15) is 0 Å². The summed E-state index contributed by atoms with van der Waals surface area (Å²) in [6, 6.07) is 6.16. The van der Waals surface area contributed by atoms with Gasteiger partial charge in [0.1, 0.15) is 12.4 Å². The molecule has 0 radical (unpaired) electrons. The Labute approximate surface area is 94.0 Å². The molecule has 80 valence electrons. The SMILES string of the molecule is C=CCc1cccc2c1OCc1cncn1-2. The molecule has 16 heavy (non-hydrogen) atoms. The summed E-state index contributed by atoms with van der Waals surface area (Å²) in [5.74, 6) is 0.952. The Kier molecular flexibility index (Phi) is 2.03. The van der Waals surface area contributed by atoms with E-state index in [2.05, 4.69) is 22.2 Å². The minimum atomic E-state index is 0.584. The molecule has 3 rings (SSSR count). The van der Waals surface area contributed by atoms with Gasteiger partial charge in [0, 0.05) is 5.56 Å². The number of hydrogen-bond donors (Lipinski definition) is 0. The molecule has 2 heterocycles. The molecule has 0 fully saturated rings. The largest absolute Gasteiger partial charge is 0.485 e. The van der Waals surface area contributed by atoms with E-state index in [1.807, 2.05) is 30.7 Å². The van der Waals surface area contributed by atoms with Crippen molar-refractivity contribution in [2.45, 2.75) is 13.0 Å². The molecule has 0 spiro atoms. The predicted octanol–water partition coefficient (Wildman–Crippen LogP) is 2.49. The zero-order valence-corrected chi connectivity index (χ0v) is 8.89. The van der Waals surface area contributed by atoms with Crippen molar-refractivity contribution >= 4 is 0 Å². The standard InChI is InChI=1S/C13H12N2O/c1-2-4-10-5-3-6-12-13(10)16-8-11-7-14-9-15(11)12/h2-3,5-7,9H,1,4,8H2. The van der Waals surface area contributed by atoms with Gasteiger partial charge < -0.3 is 4.74 Å². The van der Waals surface area contributed by atoms with E-state index in [4.69, 9.17) is 4.74 Å². The van der Waals surface area contributed by atoms with Crippen molar-refractivity contribution in [2.24, 2.45) is 0 Å². The van der Waals surface area contributed by atoms with Crippen molar-refractivity contribution in [3.63, 3.8) is 0 Å². The fraction of sp³-hybridized carbons (Fsp3) is 0.154. The van der Waals surface area contributed by atoms with Crippen LogP contribution in [0.3, 0.4) is 0 Å². The smallest absolute Gasteiger partial charge is 0.147 e. The molecule has 0 N–H and O–H groups in total. The van der Waals surface area contributed by atoms with Crippen LogP contribution in [0.4, 0.5) is 0 Å². The van der Waals surface area contributed by atoms with Crippen molar-refractivity contribution in [1.82, 2.24) is 9.55 Å². The van der Waals surface area contributed by atoms with Crippen LogP contribution in [0.1, 0.15) is 11.3 Å². The first-order valence-corrected chi connectivity index (χ1v) is 5.27. The lowest BCUT2D eigenvalue weighted by Crippen LogP contribution is -2.12. The molecule has 0 aliphatic carbocycles. The molecule has 3 heteroatoms. The first-order chi connectivity index (χ1) is 7.90. The minimum Gasteiger partial charge on any atom is -0.485 e. The number of imidazole rings is 1. The molecular weight excluding hydrogens is 200 g/mol. The normalized spacial score (nSPS) is 12.5. The number of aromatic nitrogens is 2. The number of para-hydroxylation sites is 1. The third kappa shape index (κ3) is 1.25. The van der Waals surface area contributed by atoms with Gasteiger partial charge in [0.2, 0.25) is 0 Å². The molecule has 1 aromatic carbocycles. The summed E-state index contributed by atoms with van der Waals surface area (Å²) in [5.41, 5.74) is 3.33. The Balaban J connectivity index is 2.19. The summed E-state index contributed by atoms with van der Waals surface area (Å²) in [7, 11) is 0. The van der Waals surface area contributed by atoms with Gasteiger partial charge >= 0.3 is 0 Å². The van der Waals surface area contributed by atoms with Crippen LogP contribution in [-0.2, 0) is 13.0 Å². The maximum atomic E-state index is 5.78. The fourth-order valence-electron chi connectivity index (χ4n) is 2.04. The van der Waals surface area contributed by atoms with Crippen molar-refractivity contribution in [3.05, 3.63) is 54.6 Å². The van der Waals surface area contributed by atoms with Crippen LogP contribution in [0.15, 0.2) is 43.4 Å². The predicted molar refractivity (Wildman–Crippen MR) is 61.8 cm³/mol. The van der Waals surface area contributed by atoms with Gasteiger partial charge in [0.05, 0.1) is 23.9 Å². The number of ether oxygens (including phenoxy) is 1. The van der Waals surface area contributed by atoms with Gasteiger partial charge in [0.25, 0.3) is 0 Å². The van der Waals surface area contributed by atoms with E-state index in [0.717, 1.165) is 23.6 Å². The highest BCUT2D eigenvalue weighted by molar-refractivity contribution is 5.54. The highest BCUT2D eigenvalue weighted by Crippen LogP contribution is 2.33. The summed E-state index contributed by atoms with van der Waals surface area (Å²) in [5, 5.41) is 0. The number of hydrogen-bond acceptors (Lipinski definition) is 2. The van der Waals surface area contributed by atoms with Crippen LogP contribution in [0.25, 0.3) is 5.69 Å². The summed E-state index contributed by atoms with van der Waals surface area (Å²) < 4.78 is 7.86. The van der Waals surface area contributed by atoms with Crippen LogP contribution in [0.5, 0.6) is 5.75 Å². The van der Waals surface area contributed by atoms with Crippen molar-refractivity contribution in [2.75, 3.05) is 0 Å². The maximum Gasteiger partial charge on any atom is 0.147 e. The van der Waals surface area contributed by atoms with Gasteiger partial charge in [-0.15, -0.1) is 6.58 Å². The summed E-state index contributed by atoms with van der Waals surface area (Å²) >= 11 is 0. The number of nitrogens with zero attached hydrogens (tertiary/aromatic N) is 2. The summed E-state index contributed by atoms with van der Waals surface area (Å²) in [6.07, 6.45) is 6.38. The van der Waals surface area contributed by atoms with Crippen LogP contribution in [0, 0.1) is 0 Å². The number of rotatable bonds is 2. The number of benzene rings is 1. The van der Waals surface area contributed by atoms with Gasteiger partial charge in [-0.05, 0) is 12.5 Å². The van der Waals surface area contributed by atoms with Gasteiger partial charge in [-0.3, -0.25) is 4.57 Å². The first kappa shape index (κ1) is 9.21. The fourth-order valence-corrected chi connectivity index (χ4v) is 2.04. The highest BCUT2D eigenvalue weighted by atomic mass is 16.5. The Morgan fingerprint density at radius 3 is 3.31 bits per heavy atom. The summed E-state index contributed by atoms with van der Waals surface area (Å²) in [4.78, 5) is 4.14. The molecule has 3 nitrogen and oxygen atoms in total. The second-order valence-electron chi connectivity index (χ2n) is 3.80. The first-order valence-electron chi connectivity index (χ1n) is 5.27. The lowest BCUT2D eigenvalue weighted by atomic mass is 10.1. The van der Waals surface area contributed by atoms with Gasteiger partial charge in [0.15, 0.2) is 0 Å². The number of fused-ring (bicyclic) bond motifs is 3. The average molecular weight is 212 g/mol. The highest BCUT2D eigenvalue weighted by Gasteiger charge is 2.18.